The highest BCUT2D eigenvalue weighted by atomic mass is 35.5. The summed E-state index contributed by atoms with van der Waals surface area (Å²) in [5, 5.41) is 12.8. The third-order valence-electron chi connectivity index (χ3n) is 1.86. The van der Waals surface area contributed by atoms with Crippen molar-refractivity contribution in [2.45, 2.75) is 6.23 Å². The summed E-state index contributed by atoms with van der Waals surface area (Å²) < 4.78 is 4.98. The lowest BCUT2D eigenvalue weighted by Crippen LogP contribution is -2.15. The van der Waals surface area contributed by atoms with E-state index in [1.54, 1.807) is 19.2 Å². The minimum absolute atomic E-state index is 0.299. The molecule has 0 heterocycles. The molecule has 5 heteroatoms. The molecule has 0 aliphatic heterocycles. The minimum Gasteiger partial charge on any atom is -0.495 e. The zero-order valence-electron chi connectivity index (χ0n) is 7.84. The van der Waals surface area contributed by atoms with Gasteiger partial charge < -0.3 is 9.84 Å². The Morgan fingerprint density at radius 1 is 1.36 bits per heavy atom. The quantitative estimate of drug-likeness (QED) is 0.790. The molecule has 1 unspecified atom stereocenters. The Hall–Kier alpha value is -0.480. The van der Waals surface area contributed by atoms with Crippen LogP contribution in [0.15, 0.2) is 12.1 Å². The van der Waals surface area contributed by atoms with Gasteiger partial charge in [-0.2, -0.15) is 0 Å². The second kappa shape index (κ2) is 4.84. The molecular weight excluding hydrogens is 225 g/mol. The first-order valence-electron chi connectivity index (χ1n) is 3.99. The average molecular weight is 236 g/mol. The molecule has 0 radical (unpaired) electrons. The van der Waals surface area contributed by atoms with Crippen LogP contribution >= 0.6 is 23.2 Å². The van der Waals surface area contributed by atoms with Crippen LogP contribution in [0.1, 0.15) is 11.8 Å². The Morgan fingerprint density at radius 2 is 2.00 bits per heavy atom. The summed E-state index contributed by atoms with van der Waals surface area (Å²) in [6, 6.07) is 3.32. The summed E-state index contributed by atoms with van der Waals surface area (Å²) in [6.07, 6.45) is -0.828. The normalized spacial score (nSPS) is 12.6. The molecule has 0 aliphatic carbocycles. The molecule has 0 saturated carbocycles. The van der Waals surface area contributed by atoms with Gasteiger partial charge in [0.25, 0.3) is 0 Å². The van der Waals surface area contributed by atoms with Gasteiger partial charge in [0.1, 0.15) is 17.0 Å². The number of methoxy groups -OCH3 is 1. The van der Waals surface area contributed by atoms with Crippen LogP contribution in [-0.2, 0) is 0 Å². The SMILES string of the molecule is CNC(O)c1ccc(OC)c(Cl)c1Cl. The summed E-state index contributed by atoms with van der Waals surface area (Å²) in [7, 11) is 3.13. The summed E-state index contributed by atoms with van der Waals surface area (Å²) in [4.78, 5) is 0. The van der Waals surface area contributed by atoms with E-state index in [1.807, 2.05) is 0 Å². The van der Waals surface area contributed by atoms with Gasteiger partial charge in [-0.15, -0.1) is 0 Å². The van der Waals surface area contributed by atoms with Crippen molar-refractivity contribution in [2.24, 2.45) is 0 Å². The standard InChI is InChI=1S/C9H11Cl2NO2/c1-12-9(13)5-3-4-6(14-2)8(11)7(5)10/h3-4,9,12-13H,1-2H3. The number of aliphatic hydroxyl groups excluding tert-OH is 1. The van der Waals surface area contributed by atoms with Crippen LogP contribution in [0.25, 0.3) is 0 Å². The topological polar surface area (TPSA) is 41.5 Å². The van der Waals surface area contributed by atoms with E-state index < -0.39 is 6.23 Å². The van der Waals surface area contributed by atoms with E-state index in [-0.39, 0.29) is 0 Å². The number of benzene rings is 1. The third-order valence-corrected chi connectivity index (χ3v) is 2.74. The van der Waals surface area contributed by atoms with Crippen molar-refractivity contribution in [3.63, 3.8) is 0 Å². The van der Waals surface area contributed by atoms with Crippen molar-refractivity contribution >= 4 is 23.2 Å². The summed E-state index contributed by atoms with van der Waals surface area (Å²) in [6.45, 7) is 0. The van der Waals surface area contributed by atoms with Gasteiger partial charge in [0.2, 0.25) is 0 Å². The fourth-order valence-electron chi connectivity index (χ4n) is 1.07. The number of rotatable bonds is 3. The molecule has 0 bridgehead atoms. The zero-order valence-corrected chi connectivity index (χ0v) is 9.36. The zero-order chi connectivity index (χ0) is 10.7. The maximum atomic E-state index is 9.50. The number of hydrogen-bond donors (Lipinski definition) is 2. The van der Waals surface area contributed by atoms with Crippen LogP contribution in [0.5, 0.6) is 5.75 Å². The van der Waals surface area contributed by atoms with E-state index in [0.29, 0.717) is 21.4 Å². The molecule has 0 aromatic heterocycles. The Bertz CT molecular complexity index is 331. The molecule has 3 nitrogen and oxygen atoms in total. The lowest BCUT2D eigenvalue weighted by Gasteiger charge is -2.13. The first-order chi connectivity index (χ1) is 6.61. The monoisotopic (exact) mass is 235 g/mol. The van der Waals surface area contributed by atoms with Crippen LogP contribution in [0.4, 0.5) is 0 Å². The molecule has 1 rings (SSSR count). The van der Waals surface area contributed by atoms with Crippen LogP contribution in [-0.4, -0.2) is 19.3 Å². The molecule has 14 heavy (non-hydrogen) atoms. The van der Waals surface area contributed by atoms with Gasteiger partial charge in [0, 0.05) is 5.56 Å². The predicted molar refractivity (Wildman–Crippen MR) is 57.0 cm³/mol. The summed E-state index contributed by atoms with van der Waals surface area (Å²) in [5.74, 6) is 0.490. The highest BCUT2D eigenvalue weighted by molar-refractivity contribution is 6.43. The van der Waals surface area contributed by atoms with Crippen molar-refractivity contribution in [3.05, 3.63) is 27.7 Å². The van der Waals surface area contributed by atoms with Crippen molar-refractivity contribution < 1.29 is 9.84 Å². The fraction of sp³-hybridized carbons (Fsp3) is 0.333. The van der Waals surface area contributed by atoms with Crippen molar-refractivity contribution in [2.75, 3.05) is 14.2 Å². The van der Waals surface area contributed by atoms with Crippen molar-refractivity contribution in [1.29, 1.82) is 0 Å². The highest BCUT2D eigenvalue weighted by Crippen LogP contribution is 2.36. The lowest BCUT2D eigenvalue weighted by molar-refractivity contribution is 0.149. The molecule has 0 amide bonds. The second-order valence-corrected chi connectivity index (χ2v) is 3.43. The molecule has 1 aromatic rings. The maximum absolute atomic E-state index is 9.50. The van der Waals surface area contributed by atoms with Gasteiger partial charge in [0.05, 0.1) is 12.1 Å². The molecule has 78 valence electrons. The molecule has 0 spiro atoms. The second-order valence-electron chi connectivity index (χ2n) is 2.68. The van der Waals surface area contributed by atoms with Crippen LogP contribution in [0.2, 0.25) is 10.0 Å². The number of nitrogens with one attached hydrogen (secondary N) is 1. The van der Waals surface area contributed by atoms with Crippen molar-refractivity contribution in [3.8, 4) is 5.75 Å². The van der Waals surface area contributed by atoms with Crippen molar-refractivity contribution in [1.82, 2.24) is 5.32 Å². The molecular formula is C9H11Cl2NO2. The largest absolute Gasteiger partial charge is 0.495 e. The maximum Gasteiger partial charge on any atom is 0.139 e. The van der Waals surface area contributed by atoms with Gasteiger partial charge in [-0.1, -0.05) is 23.2 Å². The Balaban J connectivity index is 3.17. The Morgan fingerprint density at radius 3 is 2.50 bits per heavy atom. The molecule has 1 aromatic carbocycles. The minimum atomic E-state index is -0.828. The van der Waals surface area contributed by atoms with Gasteiger partial charge in [0.15, 0.2) is 0 Å². The number of ether oxygens (including phenoxy) is 1. The van der Waals surface area contributed by atoms with Gasteiger partial charge in [-0.05, 0) is 19.2 Å². The molecule has 0 aliphatic rings. The summed E-state index contributed by atoms with van der Waals surface area (Å²) >= 11 is 11.8. The Labute approximate surface area is 92.6 Å². The number of aliphatic hydroxyl groups is 1. The third kappa shape index (κ3) is 2.12. The first-order valence-corrected chi connectivity index (χ1v) is 4.74. The number of halogens is 2. The molecule has 2 N–H and O–H groups in total. The van der Waals surface area contributed by atoms with E-state index in [4.69, 9.17) is 27.9 Å². The number of hydrogen-bond acceptors (Lipinski definition) is 3. The van der Waals surface area contributed by atoms with Gasteiger partial charge in [-0.25, -0.2) is 0 Å². The summed E-state index contributed by atoms with van der Waals surface area (Å²) in [5.41, 5.74) is 0.528. The molecule has 0 saturated heterocycles. The molecule has 0 fully saturated rings. The average Bonchev–Trinajstić information content (AvgIpc) is 2.21. The van der Waals surface area contributed by atoms with Gasteiger partial charge >= 0.3 is 0 Å². The first kappa shape index (κ1) is 11.6. The van der Waals surface area contributed by atoms with E-state index in [9.17, 15) is 5.11 Å². The predicted octanol–water partition coefficient (Wildman–Crippen LogP) is 2.21. The van der Waals surface area contributed by atoms with Gasteiger partial charge in [-0.3, -0.25) is 5.32 Å². The highest BCUT2D eigenvalue weighted by Gasteiger charge is 2.14. The van der Waals surface area contributed by atoms with E-state index in [2.05, 4.69) is 5.32 Å². The molecule has 1 atom stereocenters. The van der Waals surface area contributed by atoms with E-state index in [1.165, 1.54) is 7.11 Å². The smallest absolute Gasteiger partial charge is 0.139 e. The van der Waals surface area contributed by atoms with E-state index >= 15 is 0 Å². The Kier molecular flexibility index (Phi) is 4.01. The van der Waals surface area contributed by atoms with Crippen LogP contribution in [0, 0.1) is 0 Å². The van der Waals surface area contributed by atoms with Crippen LogP contribution < -0.4 is 10.1 Å². The fourth-order valence-corrected chi connectivity index (χ4v) is 1.58. The lowest BCUT2D eigenvalue weighted by atomic mass is 10.2. The van der Waals surface area contributed by atoms with E-state index in [0.717, 1.165) is 0 Å². The van der Waals surface area contributed by atoms with Crippen LogP contribution in [0.3, 0.4) is 0 Å².